The fourth-order valence-electron chi connectivity index (χ4n) is 2.35. The van der Waals surface area contributed by atoms with E-state index < -0.39 is 0 Å². The van der Waals surface area contributed by atoms with Crippen LogP contribution in [-0.4, -0.2) is 50.2 Å². The molecule has 22 heavy (non-hydrogen) atoms. The molecule has 1 aliphatic rings. The molecule has 118 valence electrons. The molecule has 0 spiro atoms. The van der Waals surface area contributed by atoms with E-state index in [2.05, 4.69) is 4.90 Å². The SMILES string of the molecule is CCN(CC)c1ccc(C=C(C#N)C(=O)N2CCOCC2)o1. The van der Waals surface area contributed by atoms with Gasteiger partial charge in [-0.15, -0.1) is 0 Å². The molecule has 0 aliphatic carbocycles. The number of nitriles is 1. The second-order valence-corrected chi connectivity index (χ2v) is 4.92. The molecule has 0 saturated carbocycles. The van der Waals surface area contributed by atoms with Gasteiger partial charge in [-0.05, 0) is 19.9 Å². The lowest BCUT2D eigenvalue weighted by atomic mass is 10.2. The molecule has 6 heteroatoms. The Kier molecular flexibility index (Phi) is 5.61. The van der Waals surface area contributed by atoms with Gasteiger partial charge in [0.15, 0.2) is 5.88 Å². The number of rotatable bonds is 5. The number of carbonyl (C=O) groups excluding carboxylic acids is 1. The number of nitrogens with zero attached hydrogens (tertiary/aromatic N) is 3. The Morgan fingerprint density at radius 2 is 2.05 bits per heavy atom. The summed E-state index contributed by atoms with van der Waals surface area (Å²) in [5, 5.41) is 9.25. The van der Waals surface area contributed by atoms with Crippen LogP contribution in [-0.2, 0) is 9.53 Å². The summed E-state index contributed by atoms with van der Waals surface area (Å²) < 4.78 is 10.9. The molecule has 1 amide bonds. The minimum absolute atomic E-state index is 0.0855. The second-order valence-electron chi connectivity index (χ2n) is 4.92. The highest BCUT2D eigenvalue weighted by Gasteiger charge is 2.21. The van der Waals surface area contributed by atoms with Crippen molar-refractivity contribution in [2.24, 2.45) is 0 Å². The van der Waals surface area contributed by atoms with E-state index >= 15 is 0 Å². The molecule has 0 N–H and O–H groups in total. The fraction of sp³-hybridized carbons (Fsp3) is 0.500. The third-order valence-electron chi connectivity index (χ3n) is 3.62. The number of hydrogen-bond donors (Lipinski definition) is 0. The van der Waals surface area contributed by atoms with Crippen molar-refractivity contribution in [2.45, 2.75) is 13.8 Å². The van der Waals surface area contributed by atoms with E-state index in [-0.39, 0.29) is 11.5 Å². The topological polar surface area (TPSA) is 69.7 Å². The van der Waals surface area contributed by atoms with Crippen molar-refractivity contribution in [3.8, 4) is 6.07 Å². The molecule has 0 unspecified atom stereocenters. The van der Waals surface area contributed by atoms with Gasteiger partial charge in [-0.3, -0.25) is 4.79 Å². The van der Waals surface area contributed by atoms with Crippen molar-refractivity contribution in [2.75, 3.05) is 44.3 Å². The molecule has 0 aromatic carbocycles. The van der Waals surface area contributed by atoms with Crippen molar-refractivity contribution in [3.05, 3.63) is 23.5 Å². The van der Waals surface area contributed by atoms with Gasteiger partial charge < -0.3 is 19.0 Å². The Hall–Kier alpha value is -2.26. The van der Waals surface area contributed by atoms with Gasteiger partial charge in [0, 0.05) is 38.3 Å². The van der Waals surface area contributed by atoms with Gasteiger partial charge >= 0.3 is 0 Å². The van der Waals surface area contributed by atoms with Crippen molar-refractivity contribution < 1.29 is 13.9 Å². The van der Waals surface area contributed by atoms with Crippen molar-refractivity contribution in [1.82, 2.24) is 4.90 Å². The molecule has 1 aliphatic heterocycles. The first-order valence-corrected chi connectivity index (χ1v) is 7.53. The molecule has 2 heterocycles. The largest absolute Gasteiger partial charge is 0.441 e. The summed E-state index contributed by atoms with van der Waals surface area (Å²) in [6, 6.07) is 5.60. The first kappa shape index (κ1) is 16.1. The number of morpholine rings is 1. The molecular formula is C16H21N3O3. The predicted molar refractivity (Wildman–Crippen MR) is 83.3 cm³/mol. The summed E-state index contributed by atoms with van der Waals surface area (Å²) >= 11 is 0. The Labute approximate surface area is 130 Å². The average Bonchev–Trinajstić information content (AvgIpc) is 3.02. The van der Waals surface area contributed by atoms with Crippen LogP contribution in [0, 0.1) is 11.3 Å². The van der Waals surface area contributed by atoms with Gasteiger partial charge in [0.2, 0.25) is 0 Å². The summed E-state index contributed by atoms with van der Waals surface area (Å²) in [6.07, 6.45) is 1.50. The van der Waals surface area contributed by atoms with Gasteiger partial charge in [0.05, 0.1) is 13.2 Å². The lowest BCUT2D eigenvalue weighted by molar-refractivity contribution is -0.130. The maximum Gasteiger partial charge on any atom is 0.264 e. The van der Waals surface area contributed by atoms with E-state index in [9.17, 15) is 10.1 Å². The van der Waals surface area contributed by atoms with Crippen LogP contribution in [0.15, 0.2) is 22.1 Å². The van der Waals surface area contributed by atoms with E-state index in [1.54, 1.807) is 11.0 Å². The van der Waals surface area contributed by atoms with Crippen molar-refractivity contribution in [1.29, 1.82) is 5.26 Å². The van der Waals surface area contributed by atoms with E-state index in [4.69, 9.17) is 9.15 Å². The summed E-state index contributed by atoms with van der Waals surface area (Å²) in [5.74, 6) is 0.985. The first-order valence-electron chi connectivity index (χ1n) is 7.53. The zero-order chi connectivity index (χ0) is 15.9. The van der Waals surface area contributed by atoms with Crippen LogP contribution in [0.3, 0.4) is 0 Å². The normalized spacial score (nSPS) is 15.5. The number of anilines is 1. The molecule has 0 bridgehead atoms. The van der Waals surface area contributed by atoms with Crippen LogP contribution in [0.1, 0.15) is 19.6 Å². The third-order valence-corrected chi connectivity index (χ3v) is 3.62. The molecule has 6 nitrogen and oxygen atoms in total. The lowest BCUT2D eigenvalue weighted by Gasteiger charge is -2.26. The molecule has 1 saturated heterocycles. The number of hydrogen-bond acceptors (Lipinski definition) is 5. The molecule has 0 radical (unpaired) electrons. The van der Waals surface area contributed by atoms with E-state index in [0.29, 0.717) is 32.1 Å². The van der Waals surface area contributed by atoms with Gasteiger partial charge in [0.1, 0.15) is 17.4 Å². The van der Waals surface area contributed by atoms with Gasteiger partial charge in [0.25, 0.3) is 5.91 Å². The third kappa shape index (κ3) is 3.68. The maximum absolute atomic E-state index is 12.3. The van der Waals surface area contributed by atoms with Crippen molar-refractivity contribution >= 4 is 17.9 Å². The lowest BCUT2D eigenvalue weighted by Crippen LogP contribution is -2.41. The highest BCUT2D eigenvalue weighted by Crippen LogP contribution is 2.20. The minimum atomic E-state index is -0.272. The second kappa shape index (κ2) is 7.66. The smallest absolute Gasteiger partial charge is 0.264 e. The van der Waals surface area contributed by atoms with E-state index in [0.717, 1.165) is 19.0 Å². The Bertz CT molecular complexity index is 576. The molecule has 1 fully saturated rings. The highest BCUT2D eigenvalue weighted by molar-refractivity contribution is 6.01. The highest BCUT2D eigenvalue weighted by atomic mass is 16.5. The zero-order valence-electron chi connectivity index (χ0n) is 13.0. The quantitative estimate of drug-likeness (QED) is 0.613. The Balaban J connectivity index is 2.15. The van der Waals surface area contributed by atoms with Crippen LogP contribution in [0.4, 0.5) is 5.88 Å². The monoisotopic (exact) mass is 303 g/mol. The fourth-order valence-corrected chi connectivity index (χ4v) is 2.35. The van der Waals surface area contributed by atoms with Crippen molar-refractivity contribution in [3.63, 3.8) is 0 Å². The summed E-state index contributed by atoms with van der Waals surface area (Å²) in [4.78, 5) is 16.0. The van der Waals surface area contributed by atoms with Gasteiger partial charge in [-0.1, -0.05) is 0 Å². The number of furan rings is 1. The molecule has 0 atom stereocenters. The first-order chi connectivity index (χ1) is 10.7. The predicted octanol–water partition coefficient (Wildman–Crippen LogP) is 1.89. The number of amides is 1. The molecule has 1 aromatic rings. The zero-order valence-corrected chi connectivity index (χ0v) is 13.0. The summed E-state index contributed by atoms with van der Waals surface area (Å²) in [7, 11) is 0. The average molecular weight is 303 g/mol. The van der Waals surface area contributed by atoms with Crippen LogP contribution in [0.25, 0.3) is 6.08 Å². The summed E-state index contributed by atoms with van der Waals surface area (Å²) in [6.45, 7) is 7.82. The van der Waals surface area contributed by atoms with Gasteiger partial charge in [-0.25, -0.2) is 0 Å². The van der Waals surface area contributed by atoms with Crippen LogP contribution in [0.2, 0.25) is 0 Å². The van der Waals surface area contributed by atoms with Gasteiger partial charge in [-0.2, -0.15) is 5.26 Å². The Morgan fingerprint density at radius 1 is 1.36 bits per heavy atom. The number of ether oxygens (including phenoxy) is 1. The van der Waals surface area contributed by atoms with Crippen LogP contribution < -0.4 is 4.90 Å². The van der Waals surface area contributed by atoms with E-state index in [1.807, 2.05) is 26.0 Å². The maximum atomic E-state index is 12.3. The van der Waals surface area contributed by atoms with E-state index in [1.165, 1.54) is 6.08 Å². The standard InChI is InChI=1S/C16H21N3O3/c1-3-18(4-2)15-6-5-14(22-15)11-13(12-17)16(20)19-7-9-21-10-8-19/h5-6,11H,3-4,7-10H2,1-2H3. The molecule has 2 rings (SSSR count). The minimum Gasteiger partial charge on any atom is -0.441 e. The molecule has 1 aromatic heterocycles. The number of carbonyl (C=O) groups is 1. The van der Waals surface area contributed by atoms with Crippen LogP contribution in [0.5, 0.6) is 0 Å². The van der Waals surface area contributed by atoms with Crippen LogP contribution >= 0.6 is 0 Å². The summed E-state index contributed by atoms with van der Waals surface area (Å²) in [5.41, 5.74) is 0.0855. The Morgan fingerprint density at radius 3 is 2.64 bits per heavy atom. The molecular weight excluding hydrogens is 282 g/mol.